The van der Waals surface area contributed by atoms with Crippen molar-refractivity contribution in [2.45, 2.75) is 11.3 Å². The first-order valence-electron chi connectivity index (χ1n) is 8.26. The summed E-state index contributed by atoms with van der Waals surface area (Å²) in [6.45, 7) is 0.294. The quantitative estimate of drug-likeness (QED) is 0.383. The van der Waals surface area contributed by atoms with Gasteiger partial charge < -0.3 is 10.6 Å². The lowest BCUT2D eigenvalue weighted by Gasteiger charge is -2.08. The third-order valence-corrected chi connectivity index (χ3v) is 4.90. The molecular weight excluding hydrogens is 386 g/mol. The Morgan fingerprint density at radius 3 is 2.29 bits per heavy atom. The van der Waals surface area contributed by atoms with Crippen LogP contribution in [0.4, 0.5) is 5.69 Å². The first kappa shape index (κ1) is 21.0. The topological polar surface area (TPSA) is 135 Å². The Balaban J connectivity index is 1.90. The van der Waals surface area contributed by atoms with E-state index in [9.17, 15) is 28.1 Å². The Morgan fingerprint density at radius 1 is 1.04 bits per heavy atom. The van der Waals surface area contributed by atoms with E-state index in [1.165, 1.54) is 6.07 Å². The van der Waals surface area contributed by atoms with Gasteiger partial charge in [0.2, 0.25) is 5.91 Å². The first-order valence-corrected chi connectivity index (χ1v) is 10.1. The van der Waals surface area contributed by atoms with Crippen LogP contribution in [0.2, 0.25) is 0 Å². The van der Waals surface area contributed by atoms with Crippen LogP contribution in [-0.2, 0) is 21.1 Å². The van der Waals surface area contributed by atoms with Crippen LogP contribution in [0.25, 0.3) is 0 Å². The molecular formula is C18H19N3O6S. The number of nitrogens with one attached hydrogen (secondary N) is 2. The molecule has 0 aliphatic rings. The van der Waals surface area contributed by atoms with Gasteiger partial charge >= 0.3 is 0 Å². The second kappa shape index (κ2) is 9.09. The standard InChI is InChI=1S/C18H19N3O6S/c1-28(26,27)16-8-7-14(12-15(16)21(24)25)18(23)20-10-9-19-17(22)11-13-5-3-2-4-6-13/h2-8,12H,9-11H2,1H3,(H,19,22)(H,20,23). The zero-order valence-corrected chi connectivity index (χ0v) is 15.9. The Bertz CT molecular complexity index is 990. The van der Waals surface area contributed by atoms with Crippen molar-refractivity contribution < 1.29 is 22.9 Å². The summed E-state index contributed by atoms with van der Waals surface area (Å²) in [5.41, 5.74) is 0.156. The van der Waals surface area contributed by atoms with Crippen molar-refractivity contribution in [3.05, 3.63) is 69.8 Å². The highest BCUT2D eigenvalue weighted by Crippen LogP contribution is 2.24. The molecule has 0 radical (unpaired) electrons. The maximum Gasteiger partial charge on any atom is 0.288 e. The summed E-state index contributed by atoms with van der Waals surface area (Å²) in [6, 6.07) is 12.3. The van der Waals surface area contributed by atoms with Crippen LogP contribution in [0.15, 0.2) is 53.4 Å². The molecule has 2 aromatic rings. The fraction of sp³-hybridized carbons (Fsp3) is 0.222. The minimum atomic E-state index is -3.80. The molecule has 148 valence electrons. The summed E-state index contributed by atoms with van der Waals surface area (Å²) < 4.78 is 23.2. The fourth-order valence-corrected chi connectivity index (χ4v) is 3.27. The van der Waals surface area contributed by atoms with Crippen molar-refractivity contribution in [3.63, 3.8) is 0 Å². The average Bonchev–Trinajstić information content (AvgIpc) is 2.64. The van der Waals surface area contributed by atoms with Gasteiger partial charge in [0.05, 0.1) is 11.3 Å². The normalized spacial score (nSPS) is 10.9. The first-order chi connectivity index (χ1) is 13.2. The summed E-state index contributed by atoms with van der Waals surface area (Å²) >= 11 is 0. The number of carbonyl (C=O) groups is 2. The van der Waals surface area contributed by atoms with E-state index in [4.69, 9.17) is 0 Å². The lowest BCUT2D eigenvalue weighted by molar-refractivity contribution is -0.387. The van der Waals surface area contributed by atoms with Crippen LogP contribution in [0.5, 0.6) is 0 Å². The number of carbonyl (C=O) groups excluding carboxylic acids is 2. The van der Waals surface area contributed by atoms with E-state index in [1.54, 1.807) is 0 Å². The number of nitro benzene ring substituents is 1. The highest BCUT2D eigenvalue weighted by Gasteiger charge is 2.23. The highest BCUT2D eigenvalue weighted by molar-refractivity contribution is 7.90. The summed E-state index contributed by atoms with van der Waals surface area (Å²) in [5.74, 6) is -0.811. The van der Waals surface area contributed by atoms with Crippen molar-refractivity contribution in [2.24, 2.45) is 0 Å². The summed E-state index contributed by atoms with van der Waals surface area (Å²) in [5, 5.41) is 16.3. The number of hydrogen-bond donors (Lipinski definition) is 2. The molecule has 0 spiro atoms. The van der Waals surface area contributed by atoms with Gasteiger partial charge in [0.1, 0.15) is 4.90 Å². The van der Waals surface area contributed by atoms with Crippen molar-refractivity contribution in [2.75, 3.05) is 19.3 Å². The Kier molecular flexibility index (Phi) is 6.83. The Hall–Kier alpha value is -3.27. The molecule has 0 unspecified atom stereocenters. The Morgan fingerprint density at radius 2 is 1.68 bits per heavy atom. The minimum Gasteiger partial charge on any atom is -0.354 e. The number of hydrogen-bond acceptors (Lipinski definition) is 6. The van der Waals surface area contributed by atoms with E-state index in [0.717, 1.165) is 24.0 Å². The van der Waals surface area contributed by atoms with Gasteiger partial charge in [0.15, 0.2) is 9.84 Å². The molecule has 2 amide bonds. The fourth-order valence-electron chi connectivity index (χ4n) is 2.44. The van der Waals surface area contributed by atoms with Crippen LogP contribution < -0.4 is 10.6 Å². The van der Waals surface area contributed by atoms with Gasteiger partial charge in [-0.1, -0.05) is 30.3 Å². The monoisotopic (exact) mass is 405 g/mol. The maximum absolute atomic E-state index is 12.1. The van der Waals surface area contributed by atoms with Gasteiger partial charge in [-0.3, -0.25) is 19.7 Å². The van der Waals surface area contributed by atoms with E-state index in [0.29, 0.717) is 0 Å². The lowest BCUT2D eigenvalue weighted by Crippen LogP contribution is -2.35. The lowest BCUT2D eigenvalue weighted by atomic mass is 10.1. The third kappa shape index (κ3) is 5.88. The zero-order valence-electron chi connectivity index (χ0n) is 15.0. The summed E-state index contributed by atoms with van der Waals surface area (Å²) in [7, 11) is -3.80. The third-order valence-electron chi connectivity index (χ3n) is 3.76. The van der Waals surface area contributed by atoms with Gasteiger partial charge in [-0.05, 0) is 17.7 Å². The number of nitro groups is 1. The second-order valence-electron chi connectivity index (χ2n) is 5.98. The zero-order chi connectivity index (χ0) is 20.7. The van der Waals surface area contributed by atoms with E-state index >= 15 is 0 Å². The van der Waals surface area contributed by atoms with Gasteiger partial charge in [-0.2, -0.15) is 0 Å². The van der Waals surface area contributed by atoms with Crippen molar-refractivity contribution in [1.82, 2.24) is 10.6 Å². The number of sulfone groups is 1. The number of benzene rings is 2. The molecule has 0 atom stereocenters. The molecule has 2 rings (SSSR count). The van der Waals surface area contributed by atoms with Crippen LogP contribution in [0, 0.1) is 10.1 Å². The van der Waals surface area contributed by atoms with Crippen LogP contribution in [-0.4, -0.2) is 44.5 Å². The number of nitrogens with zero attached hydrogens (tertiary/aromatic N) is 1. The SMILES string of the molecule is CS(=O)(=O)c1ccc(C(=O)NCCNC(=O)Cc2ccccc2)cc1[N+](=O)[O-]. The average molecular weight is 405 g/mol. The predicted octanol–water partition coefficient (Wildman–Crippen LogP) is 1.09. The second-order valence-corrected chi connectivity index (χ2v) is 7.96. The molecule has 0 fully saturated rings. The van der Waals surface area contributed by atoms with E-state index < -0.39 is 31.3 Å². The van der Waals surface area contributed by atoms with Gasteiger partial charge in [-0.25, -0.2) is 8.42 Å². The van der Waals surface area contributed by atoms with Crippen molar-refractivity contribution in [1.29, 1.82) is 0 Å². The van der Waals surface area contributed by atoms with Crippen LogP contribution >= 0.6 is 0 Å². The number of rotatable bonds is 8. The van der Waals surface area contributed by atoms with E-state index in [2.05, 4.69) is 10.6 Å². The smallest absolute Gasteiger partial charge is 0.288 e. The molecule has 0 heterocycles. The molecule has 0 aliphatic carbocycles. The maximum atomic E-state index is 12.1. The predicted molar refractivity (Wildman–Crippen MR) is 102 cm³/mol. The largest absolute Gasteiger partial charge is 0.354 e. The molecule has 9 nitrogen and oxygen atoms in total. The van der Waals surface area contributed by atoms with Gasteiger partial charge in [0, 0.05) is 31.0 Å². The van der Waals surface area contributed by atoms with Crippen LogP contribution in [0.1, 0.15) is 15.9 Å². The number of amides is 2. The van der Waals surface area contributed by atoms with Gasteiger partial charge in [-0.15, -0.1) is 0 Å². The summed E-state index contributed by atoms with van der Waals surface area (Å²) in [4.78, 5) is 33.7. The van der Waals surface area contributed by atoms with Gasteiger partial charge in [0.25, 0.3) is 11.6 Å². The molecule has 0 aliphatic heterocycles. The molecule has 28 heavy (non-hydrogen) atoms. The molecule has 2 aromatic carbocycles. The molecule has 0 aromatic heterocycles. The van der Waals surface area contributed by atoms with Crippen LogP contribution in [0.3, 0.4) is 0 Å². The molecule has 0 saturated carbocycles. The van der Waals surface area contributed by atoms with Crippen molar-refractivity contribution in [3.8, 4) is 0 Å². The molecule has 0 bridgehead atoms. The Labute approximate surface area is 161 Å². The minimum absolute atomic E-state index is 0.0466. The molecule has 0 saturated heterocycles. The molecule has 10 heteroatoms. The van der Waals surface area contributed by atoms with E-state index in [1.807, 2.05) is 30.3 Å². The summed E-state index contributed by atoms with van der Waals surface area (Å²) in [6.07, 6.45) is 1.07. The highest BCUT2D eigenvalue weighted by atomic mass is 32.2. The van der Waals surface area contributed by atoms with Crippen molar-refractivity contribution >= 4 is 27.3 Å². The van der Waals surface area contributed by atoms with E-state index in [-0.39, 0.29) is 31.0 Å². The molecule has 2 N–H and O–H groups in total.